The van der Waals surface area contributed by atoms with E-state index in [9.17, 15) is 4.79 Å². The minimum absolute atomic E-state index is 0.109. The lowest BCUT2D eigenvalue weighted by molar-refractivity contribution is 0.104. The van der Waals surface area contributed by atoms with E-state index in [-0.39, 0.29) is 5.78 Å². The Kier molecular flexibility index (Phi) is 4.19. The summed E-state index contributed by atoms with van der Waals surface area (Å²) in [6.45, 7) is 6.24. The summed E-state index contributed by atoms with van der Waals surface area (Å²) in [5, 5.41) is 0. The Morgan fingerprint density at radius 3 is 2.33 bits per heavy atom. The van der Waals surface area contributed by atoms with Crippen LogP contribution in [0.5, 0.6) is 0 Å². The van der Waals surface area contributed by atoms with Crippen molar-refractivity contribution in [2.75, 3.05) is 13.1 Å². The summed E-state index contributed by atoms with van der Waals surface area (Å²) in [4.78, 5) is 14.4. The molecule has 2 heteroatoms. The Labute approximate surface area is 109 Å². The van der Waals surface area contributed by atoms with Gasteiger partial charge in [0.2, 0.25) is 0 Å². The number of allylic oxidation sites excluding steroid dienone is 2. The first-order chi connectivity index (χ1) is 8.66. The van der Waals surface area contributed by atoms with Gasteiger partial charge < -0.3 is 4.90 Å². The molecule has 1 heterocycles. The van der Waals surface area contributed by atoms with Crippen molar-refractivity contribution in [3.05, 3.63) is 47.2 Å². The number of likely N-dealkylation sites (tertiary alicyclic amines) is 1. The van der Waals surface area contributed by atoms with Crippen LogP contribution in [0.15, 0.2) is 36.0 Å². The molecule has 1 aromatic carbocycles. The molecule has 2 rings (SSSR count). The van der Waals surface area contributed by atoms with E-state index in [0.29, 0.717) is 0 Å². The van der Waals surface area contributed by atoms with Crippen LogP contribution in [0.3, 0.4) is 0 Å². The number of aryl methyl sites for hydroxylation is 1. The topological polar surface area (TPSA) is 20.3 Å². The molecule has 0 amide bonds. The highest BCUT2D eigenvalue weighted by atomic mass is 16.1. The molecule has 0 N–H and O–H groups in total. The van der Waals surface area contributed by atoms with Gasteiger partial charge in [-0.15, -0.1) is 0 Å². The number of hydrogen-bond donors (Lipinski definition) is 0. The summed E-state index contributed by atoms with van der Waals surface area (Å²) < 4.78 is 0. The number of rotatable bonds is 3. The quantitative estimate of drug-likeness (QED) is 0.597. The summed E-state index contributed by atoms with van der Waals surface area (Å²) in [5.41, 5.74) is 3.06. The molecule has 2 nitrogen and oxygen atoms in total. The number of benzene rings is 1. The van der Waals surface area contributed by atoms with E-state index in [4.69, 9.17) is 0 Å². The molecule has 0 aromatic heterocycles. The van der Waals surface area contributed by atoms with Crippen molar-refractivity contribution in [1.29, 1.82) is 0 Å². The maximum absolute atomic E-state index is 12.1. The molecular formula is C16H21NO. The average molecular weight is 243 g/mol. The van der Waals surface area contributed by atoms with E-state index < -0.39 is 0 Å². The molecule has 96 valence electrons. The first kappa shape index (κ1) is 12.9. The van der Waals surface area contributed by atoms with Crippen molar-refractivity contribution < 1.29 is 4.79 Å². The summed E-state index contributed by atoms with van der Waals surface area (Å²) >= 11 is 0. The molecule has 1 aromatic rings. The molecule has 0 aliphatic carbocycles. The second kappa shape index (κ2) is 5.85. The van der Waals surface area contributed by atoms with Crippen molar-refractivity contribution in [2.45, 2.75) is 33.1 Å². The SMILES string of the molecule is C/C(=C\C(=O)c1ccc(C)cc1)N1CCCCC1. The molecule has 0 unspecified atom stereocenters. The van der Waals surface area contributed by atoms with Crippen LogP contribution in [-0.4, -0.2) is 23.8 Å². The third-order valence-electron chi connectivity index (χ3n) is 3.53. The molecule has 1 fully saturated rings. The lowest BCUT2D eigenvalue weighted by Gasteiger charge is -2.29. The van der Waals surface area contributed by atoms with Gasteiger partial charge in [0, 0.05) is 30.4 Å². The number of carbonyl (C=O) groups excluding carboxylic acids is 1. The standard InChI is InChI=1S/C16H21NO/c1-13-6-8-15(9-7-13)16(18)12-14(2)17-10-4-3-5-11-17/h6-9,12H,3-5,10-11H2,1-2H3/b14-12+. The van der Waals surface area contributed by atoms with Crippen LogP contribution in [0.4, 0.5) is 0 Å². The number of hydrogen-bond acceptors (Lipinski definition) is 2. The molecule has 1 aliphatic rings. The summed E-state index contributed by atoms with van der Waals surface area (Å²) in [5.74, 6) is 0.109. The Bertz CT molecular complexity index is 439. The largest absolute Gasteiger partial charge is 0.375 e. The highest BCUT2D eigenvalue weighted by molar-refractivity contribution is 6.04. The smallest absolute Gasteiger partial charge is 0.187 e. The Morgan fingerprint density at radius 2 is 1.72 bits per heavy atom. The zero-order valence-corrected chi connectivity index (χ0v) is 11.3. The van der Waals surface area contributed by atoms with Gasteiger partial charge in [0.15, 0.2) is 5.78 Å². The second-order valence-corrected chi connectivity index (χ2v) is 5.06. The minimum atomic E-state index is 0.109. The van der Waals surface area contributed by atoms with Gasteiger partial charge in [-0.1, -0.05) is 29.8 Å². The van der Waals surface area contributed by atoms with Gasteiger partial charge in [-0.2, -0.15) is 0 Å². The van der Waals surface area contributed by atoms with Crippen molar-refractivity contribution in [2.24, 2.45) is 0 Å². The maximum atomic E-state index is 12.1. The van der Waals surface area contributed by atoms with Crippen molar-refractivity contribution >= 4 is 5.78 Å². The normalized spacial score (nSPS) is 16.8. The summed E-state index contributed by atoms with van der Waals surface area (Å²) in [6.07, 6.45) is 5.57. The minimum Gasteiger partial charge on any atom is -0.375 e. The lowest BCUT2D eigenvalue weighted by atomic mass is 10.1. The predicted molar refractivity (Wildman–Crippen MR) is 74.7 cm³/mol. The van der Waals surface area contributed by atoms with Crippen molar-refractivity contribution in [1.82, 2.24) is 4.90 Å². The van der Waals surface area contributed by atoms with Crippen LogP contribution in [0.25, 0.3) is 0 Å². The third kappa shape index (κ3) is 3.22. The fourth-order valence-corrected chi connectivity index (χ4v) is 2.33. The van der Waals surface area contributed by atoms with Crippen LogP contribution < -0.4 is 0 Å². The molecule has 18 heavy (non-hydrogen) atoms. The van der Waals surface area contributed by atoms with Crippen LogP contribution in [0, 0.1) is 6.92 Å². The van der Waals surface area contributed by atoms with Crippen molar-refractivity contribution in [3.63, 3.8) is 0 Å². The van der Waals surface area contributed by atoms with Crippen molar-refractivity contribution in [3.8, 4) is 0 Å². The summed E-state index contributed by atoms with van der Waals surface area (Å²) in [6, 6.07) is 7.77. The van der Waals surface area contributed by atoms with E-state index in [1.54, 1.807) is 6.08 Å². The van der Waals surface area contributed by atoms with Crippen LogP contribution >= 0.6 is 0 Å². The van der Waals surface area contributed by atoms with Gasteiger partial charge in [-0.3, -0.25) is 4.79 Å². The molecule has 1 aliphatic heterocycles. The van der Waals surface area contributed by atoms with Gasteiger partial charge in [-0.25, -0.2) is 0 Å². The fourth-order valence-electron chi connectivity index (χ4n) is 2.33. The number of carbonyl (C=O) groups is 1. The first-order valence-corrected chi connectivity index (χ1v) is 6.71. The van der Waals surface area contributed by atoms with Crippen LogP contribution in [-0.2, 0) is 0 Å². The van der Waals surface area contributed by atoms with Gasteiger partial charge in [0.1, 0.15) is 0 Å². The van der Waals surface area contributed by atoms with E-state index in [1.807, 2.05) is 38.1 Å². The highest BCUT2D eigenvalue weighted by Crippen LogP contribution is 2.15. The molecule has 0 atom stereocenters. The Morgan fingerprint density at radius 1 is 1.11 bits per heavy atom. The fraction of sp³-hybridized carbons (Fsp3) is 0.438. The van der Waals surface area contributed by atoms with E-state index >= 15 is 0 Å². The maximum Gasteiger partial charge on any atom is 0.187 e. The average Bonchev–Trinajstić information content (AvgIpc) is 2.40. The summed E-state index contributed by atoms with van der Waals surface area (Å²) in [7, 11) is 0. The number of piperidine rings is 1. The zero-order chi connectivity index (χ0) is 13.0. The predicted octanol–water partition coefficient (Wildman–Crippen LogP) is 3.57. The number of ketones is 1. The van der Waals surface area contributed by atoms with Gasteiger partial charge in [0.05, 0.1) is 0 Å². The molecule has 0 spiro atoms. The molecule has 0 bridgehead atoms. The highest BCUT2D eigenvalue weighted by Gasteiger charge is 2.11. The molecule has 0 saturated carbocycles. The van der Waals surface area contributed by atoms with E-state index in [1.165, 1.54) is 24.8 Å². The third-order valence-corrected chi connectivity index (χ3v) is 3.53. The van der Waals surface area contributed by atoms with E-state index in [0.717, 1.165) is 24.4 Å². The lowest BCUT2D eigenvalue weighted by Crippen LogP contribution is -2.28. The van der Waals surface area contributed by atoms with Crippen LogP contribution in [0.1, 0.15) is 42.1 Å². The number of nitrogens with zero attached hydrogens (tertiary/aromatic N) is 1. The first-order valence-electron chi connectivity index (χ1n) is 6.71. The molecule has 0 radical (unpaired) electrons. The monoisotopic (exact) mass is 243 g/mol. The Balaban J connectivity index is 2.06. The molecule has 1 saturated heterocycles. The molecular weight excluding hydrogens is 222 g/mol. The van der Waals surface area contributed by atoms with Crippen LogP contribution in [0.2, 0.25) is 0 Å². The second-order valence-electron chi connectivity index (χ2n) is 5.06. The van der Waals surface area contributed by atoms with Gasteiger partial charge in [0.25, 0.3) is 0 Å². The van der Waals surface area contributed by atoms with E-state index in [2.05, 4.69) is 4.90 Å². The zero-order valence-electron chi connectivity index (χ0n) is 11.3. The van der Waals surface area contributed by atoms with Gasteiger partial charge >= 0.3 is 0 Å². The Hall–Kier alpha value is -1.57. The van der Waals surface area contributed by atoms with Gasteiger partial charge in [-0.05, 0) is 33.1 Å².